The molecule has 1 aromatic heterocycles. The molecule has 0 fully saturated rings. The zero-order chi connectivity index (χ0) is 16.5. The second-order valence-electron chi connectivity index (χ2n) is 5.23. The molecular weight excluding hydrogens is 292 g/mol. The summed E-state index contributed by atoms with van der Waals surface area (Å²) in [5.41, 5.74) is 4.04. The lowest BCUT2D eigenvalue weighted by Gasteiger charge is -2.06. The number of H-pyrrole nitrogens is 1. The first-order chi connectivity index (χ1) is 11.2. The van der Waals surface area contributed by atoms with Gasteiger partial charge in [0.15, 0.2) is 0 Å². The van der Waals surface area contributed by atoms with E-state index in [4.69, 9.17) is 4.74 Å². The number of nitrogens with one attached hydrogen (secondary N) is 2. The lowest BCUT2D eigenvalue weighted by Crippen LogP contribution is -2.10. The van der Waals surface area contributed by atoms with Gasteiger partial charge in [-0.05, 0) is 31.0 Å². The number of anilines is 1. The van der Waals surface area contributed by atoms with Crippen LogP contribution in [0, 0.1) is 6.92 Å². The molecule has 2 aromatic rings. The molecular formula is C17H22N4O2. The van der Waals surface area contributed by atoms with Gasteiger partial charge in [-0.15, -0.1) is 0 Å². The molecule has 23 heavy (non-hydrogen) atoms. The Bertz CT molecular complexity index is 710. The summed E-state index contributed by atoms with van der Waals surface area (Å²) in [7, 11) is 0. The molecule has 1 aromatic carbocycles. The quantitative estimate of drug-likeness (QED) is 0.446. The van der Waals surface area contributed by atoms with Gasteiger partial charge in [0.2, 0.25) is 5.95 Å². The van der Waals surface area contributed by atoms with Crippen LogP contribution in [0.1, 0.15) is 37.4 Å². The highest BCUT2D eigenvalue weighted by molar-refractivity contribution is 5.80. The highest BCUT2D eigenvalue weighted by Gasteiger charge is 1.97. The van der Waals surface area contributed by atoms with Crippen LogP contribution in [0.25, 0.3) is 0 Å². The number of aromatic nitrogens is 2. The SMILES string of the molecule is CCCCCOc1cccc(/C=N/Nc2nc(C)cc(=O)[nH]2)c1. The molecule has 122 valence electrons. The third-order valence-electron chi connectivity index (χ3n) is 3.13. The standard InChI is InChI=1S/C17H22N4O2/c1-3-4-5-9-23-15-8-6-7-14(11-15)12-18-21-17-19-13(2)10-16(22)20-17/h6-8,10-12H,3-5,9H2,1-2H3,(H2,19,20,21,22)/b18-12+. The molecule has 0 spiro atoms. The summed E-state index contributed by atoms with van der Waals surface area (Å²) < 4.78 is 5.70. The number of benzene rings is 1. The van der Waals surface area contributed by atoms with Crippen molar-refractivity contribution >= 4 is 12.2 Å². The van der Waals surface area contributed by atoms with Crippen LogP contribution >= 0.6 is 0 Å². The van der Waals surface area contributed by atoms with Crippen molar-refractivity contribution in [3.8, 4) is 5.75 Å². The van der Waals surface area contributed by atoms with Gasteiger partial charge < -0.3 is 4.74 Å². The normalized spacial score (nSPS) is 10.9. The van der Waals surface area contributed by atoms with E-state index in [0.29, 0.717) is 11.6 Å². The Morgan fingerprint density at radius 2 is 2.22 bits per heavy atom. The topological polar surface area (TPSA) is 79.4 Å². The molecule has 6 heteroatoms. The van der Waals surface area contributed by atoms with Crippen molar-refractivity contribution < 1.29 is 4.74 Å². The lowest BCUT2D eigenvalue weighted by atomic mass is 10.2. The van der Waals surface area contributed by atoms with Crippen LogP contribution in [0.4, 0.5) is 5.95 Å². The second-order valence-corrected chi connectivity index (χ2v) is 5.23. The molecule has 0 aliphatic carbocycles. The van der Waals surface area contributed by atoms with Crippen molar-refractivity contribution in [2.24, 2.45) is 5.10 Å². The monoisotopic (exact) mass is 314 g/mol. The van der Waals surface area contributed by atoms with Crippen LogP contribution in [0.3, 0.4) is 0 Å². The summed E-state index contributed by atoms with van der Waals surface area (Å²) in [5, 5.41) is 4.08. The zero-order valence-corrected chi connectivity index (χ0v) is 13.5. The smallest absolute Gasteiger partial charge is 0.252 e. The molecule has 2 rings (SSSR count). The first kappa shape index (κ1) is 16.7. The molecule has 0 saturated carbocycles. The summed E-state index contributed by atoms with van der Waals surface area (Å²) >= 11 is 0. The van der Waals surface area contributed by atoms with Gasteiger partial charge in [0, 0.05) is 11.8 Å². The van der Waals surface area contributed by atoms with Crippen LogP contribution in [0.5, 0.6) is 5.75 Å². The van der Waals surface area contributed by atoms with Gasteiger partial charge in [-0.1, -0.05) is 31.9 Å². The summed E-state index contributed by atoms with van der Waals surface area (Å²) in [5.74, 6) is 1.14. The maximum absolute atomic E-state index is 11.3. The molecule has 0 unspecified atom stereocenters. The van der Waals surface area contributed by atoms with Crippen molar-refractivity contribution in [1.29, 1.82) is 0 Å². The van der Waals surface area contributed by atoms with E-state index in [9.17, 15) is 4.79 Å². The number of ether oxygens (including phenoxy) is 1. The number of nitrogens with zero attached hydrogens (tertiary/aromatic N) is 2. The van der Waals surface area contributed by atoms with Gasteiger partial charge in [0.05, 0.1) is 12.8 Å². The predicted octanol–water partition coefficient (Wildman–Crippen LogP) is 3.09. The van der Waals surface area contributed by atoms with E-state index in [0.717, 1.165) is 24.3 Å². The van der Waals surface area contributed by atoms with Gasteiger partial charge in [0.1, 0.15) is 5.75 Å². The van der Waals surface area contributed by atoms with E-state index in [1.165, 1.54) is 18.9 Å². The van der Waals surface area contributed by atoms with Crippen molar-refractivity contribution in [3.05, 3.63) is 51.9 Å². The maximum atomic E-state index is 11.3. The molecule has 6 nitrogen and oxygen atoms in total. The zero-order valence-electron chi connectivity index (χ0n) is 13.5. The van der Waals surface area contributed by atoms with Crippen molar-refractivity contribution in [2.75, 3.05) is 12.0 Å². The molecule has 1 heterocycles. The minimum Gasteiger partial charge on any atom is -0.494 e. The van der Waals surface area contributed by atoms with Gasteiger partial charge in [-0.25, -0.2) is 10.4 Å². The van der Waals surface area contributed by atoms with Gasteiger partial charge >= 0.3 is 0 Å². The van der Waals surface area contributed by atoms with Crippen LogP contribution in [0.15, 0.2) is 40.2 Å². The summed E-state index contributed by atoms with van der Waals surface area (Å²) in [4.78, 5) is 18.0. The second kappa shape index (κ2) is 8.73. The van der Waals surface area contributed by atoms with Gasteiger partial charge in [-0.2, -0.15) is 5.10 Å². The summed E-state index contributed by atoms with van der Waals surface area (Å²) in [6, 6.07) is 9.12. The van der Waals surface area contributed by atoms with E-state index in [-0.39, 0.29) is 5.56 Å². The van der Waals surface area contributed by atoms with E-state index >= 15 is 0 Å². The average molecular weight is 314 g/mol. The number of aromatic amines is 1. The van der Waals surface area contributed by atoms with Crippen molar-refractivity contribution in [1.82, 2.24) is 9.97 Å². The fraction of sp³-hybridized carbons (Fsp3) is 0.353. The number of aryl methyl sites for hydroxylation is 1. The Balaban J connectivity index is 1.92. The van der Waals surface area contributed by atoms with E-state index < -0.39 is 0 Å². The highest BCUT2D eigenvalue weighted by Crippen LogP contribution is 2.12. The Morgan fingerprint density at radius 1 is 1.35 bits per heavy atom. The fourth-order valence-corrected chi connectivity index (χ4v) is 2.03. The Morgan fingerprint density at radius 3 is 3.00 bits per heavy atom. The van der Waals surface area contributed by atoms with E-state index in [2.05, 4.69) is 27.4 Å². The summed E-state index contributed by atoms with van der Waals surface area (Å²) in [6.07, 6.45) is 5.06. The molecule has 0 saturated heterocycles. The number of hydrazone groups is 1. The first-order valence-electron chi connectivity index (χ1n) is 7.77. The first-order valence-corrected chi connectivity index (χ1v) is 7.77. The largest absolute Gasteiger partial charge is 0.494 e. The lowest BCUT2D eigenvalue weighted by molar-refractivity contribution is 0.306. The summed E-state index contributed by atoms with van der Waals surface area (Å²) in [6.45, 7) is 4.64. The molecule has 2 N–H and O–H groups in total. The van der Waals surface area contributed by atoms with E-state index in [1.54, 1.807) is 13.1 Å². The number of hydrogen-bond donors (Lipinski definition) is 2. The maximum Gasteiger partial charge on any atom is 0.252 e. The molecule has 0 amide bonds. The number of unbranched alkanes of at least 4 members (excludes halogenated alkanes) is 2. The number of rotatable bonds is 8. The average Bonchev–Trinajstić information content (AvgIpc) is 2.51. The van der Waals surface area contributed by atoms with Gasteiger partial charge in [-0.3, -0.25) is 9.78 Å². The van der Waals surface area contributed by atoms with E-state index in [1.807, 2.05) is 24.3 Å². The van der Waals surface area contributed by atoms with Crippen LogP contribution < -0.4 is 15.7 Å². The number of hydrogen-bond acceptors (Lipinski definition) is 5. The molecule has 0 bridgehead atoms. The third kappa shape index (κ3) is 5.94. The fourth-order valence-electron chi connectivity index (χ4n) is 2.03. The minimum atomic E-state index is -0.210. The van der Waals surface area contributed by atoms with Crippen molar-refractivity contribution in [2.45, 2.75) is 33.1 Å². The molecule has 0 radical (unpaired) electrons. The van der Waals surface area contributed by atoms with Crippen LogP contribution in [-0.2, 0) is 0 Å². The Labute approximate surface area is 135 Å². The predicted molar refractivity (Wildman–Crippen MR) is 92.3 cm³/mol. The van der Waals surface area contributed by atoms with Crippen LogP contribution in [0.2, 0.25) is 0 Å². The Kier molecular flexibility index (Phi) is 6.35. The molecule has 0 aliphatic heterocycles. The third-order valence-corrected chi connectivity index (χ3v) is 3.13. The Hall–Kier alpha value is -2.63. The van der Waals surface area contributed by atoms with Crippen molar-refractivity contribution in [3.63, 3.8) is 0 Å². The van der Waals surface area contributed by atoms with Crippen LogP contribution in [-0.4, -0.2) is 22.8 Å². The minimum absolute atomic E-state index is 0.210. The highest BCUT2D eigenvalue weighted by atomic mass is 16.5. The molecule has 0 atom stereocenters. The molecule has 0 aliphatic rings. The van der Waals surface area contributed by atoms with Gasteiger partial charge in [0.25, 0.3) is 5.56 Å².